The SMILES string of the molecule is CCOC(=O)c1ccc(N2CCC(n3c(CC)nc4ccccc43)CC2)nc1. The van der Waals surface area contributed by atoms with E-state index in [-0.39, 0.29) is 5.97 Å². The summed E-state index contributed by atoms with van der Waals surface area (Å²) in [6, 6.07) is 12.6. The minimum Gasteiger partial charge on any atom is -0.462 e. The van der Waals surface area contributed by atoms with Crippen molar-refractivity contribution in [2.24, 2.45) is 0 Å². The summed E-state index contributed by atoms with van der Waals surface area (Å²) < 4.78 is 7.46. The number of hydrogen-bond acceptors (Lipinski definition) is 5. The maximum Gasteiger partial charge on any atom is 0.339 e. The number of anilines is 1. The van der Waals surface area contributed by atoms with Gasteiger partial charge in [0.05, 0.1) is 23.2 Å². The second-order valence-corrected chi connectivity index (χ2v) is 7.08. The predicted molar refractivity (Wildman–Crippen MR) is 110 cm³/mol. The molecule has 0 spiro atoms. The Morgan fingerprint density at radius 3 is 2.61 bits per heavy atom. The second kappa shape index (κ2) is 8.00. The number of piperidine rings is 1. The highest BCUT2D eigenvalue weighted by molar-refractivity contribution is 5.89. The third-order valence-electron chi connectivity index (χ3n) is 5.40. The van der Waals surface area contributed by atoms with Gasteiger partial charge in [-0.3, -0.25) is 0 Å². The lowest BCUT2D eigenvalue weighted by Gasteiger charge is -2.34. The molecule has 1 saturated heterocycles. The quantitative estimate of drug-likeness (QED) is 0.628. The van der Waals surface area contributed by atoms with Crippen LogP contribution in [0.1, 0.15) is 48.9 Å². The van der Waals surface area contributed by atoms with Gasteiger partial charge in [-0.1, -0.05) is 19.1 Å². The summed E-state index contributed by atoms with van der Waals surface area (Å²) >= 11 is 0. The lowest BCUT2D eigenvalue weighted by molar-refractivity contribution is 0.0526. The number of rotatable bonds is 5. The molecule has 6 nitrogen and oxygen atoms in total. The highest BCUT2D eigenvalue weighted by Gasteiger charge is 2.24. The van der Waals surface area contributed by atoms with E-state index in [4.69, 9.17) is 9.72 Å². The molecule has 3 heterocycles. The van der Waals surface area contributed by atoms with Gasteiger partial charge in [0.1, 0.15) is 11.6 Å². The fraction of sp³-hybridized carbons (Fsp3) is 0.409. The molecule has 146 valence electrons. The van der Waals surface area contributed by atoms with E-state index in [2.05, 4.69) is 39.6 Å². The van der Waals surface area contributed by atoms with Gasteiger partial charge in [0.25, 0.3) is 0 Å². The fourth-order valence-corrected chi connectivity index (χ4v) is 4.01. The van der Waals surface area contributed by atoms with Crippen molar-refractivity contribution >= 4 is 22.8 Å². The first kappa shape index (κ1) is 18.5. The van der Waals surface area contributed by atoms with Crippen LogP contribution in [0.3, 0.4) is 0 Å². The van der Waals surface area contributed by atoms with Crippen LogP contribution in [0.25, 0.3) is 11.0 Å². The van der Waals surface area contributed by atoms with E-state index < -0.39 is 0 Å². The molecule has 28 heavy (non-hydrogen) atoms. The van der Waals surface area contributed by atoms with E-state index in [1.165, 1.54) is 5.52 Å². The molecule has 0 radical (unpaired) electrons. The van der Waals surface area contributed by atoms with Gasteiger partial charge in [-0.05, 0) is 44.0 Å². The zero-order valence-electron chi connectivity index (χ0n) is 16.5. The first-order valence-electron chi connectivity index (χ1n) is 10.0. The number of aryl methyl sites for hydroxylation is 1. The molecule has 0 N–H and O–H groups in total. The van der Waals surface area contributed by atoms with E-state index in [1.807, 2.05) is 12.1 Å². The van der Waals surface area contributed by atoms with Crippen LogP contribution in [0.15, 0.2) is 42.6 Å². The average molecular weight is 378 g/mol. The Balaban J connectivity index is 1.47. The number of pyridine rings is 1. The Hall–Kier alpha value is -2.89. The minimum absolute atomic E-state index is 0.320. The van der Waals surface area contributed by atoms with Crippen molar-refractivity contribution in [3.05, 3.63) is 54.0 Å². The third kappa shape index (κ3) is 3.46. The number of para-hydroxylation sites is 2. The standard InChI is InChI=1S/C22H26N4O2/c1-3-20-24-18-7-5-6-8-19(18)26(20)17-11-13-25(14-12-17)21-10-9-16(15-23-21)22(27)28-4-2/h5-10,15,17H,3-4,11-14H2,1-2H3. The van der Waals surface area contributed by atoms with Gasteiger partial charge in [-0.25, -0.2) is 14.8 Å². The summed E-state index contributed by atoms with van der Waals surface area (Å²) in [4.78, 5) is 23.4. The van der Waals surface area contributed by atoms with E-state index in [1.54, 1.807) is 19.2 Å². The number of nitrogens with zero attached hydrogens (tertiary/aromatic N) is 4. The molecule has 4 rings (SSSR count). The zero-order chi connectivity index (χ0) is 19.5. The zero-order valence-corrected chi connectivity index (χ0v) is 16.5. The van der Waals surface area contributed by atoms with Gasteiger partial charge in [0.2, 0.25) is 0 Å². The molecule has 6 heteroatoms. The van der Waals surface area contributed by atoms with Crippen LogP contribution in [-0.4, -0.2) is 40.2 Å². The van der Waals surface area contributed by atoms with Crippen molar-refractivity contribution in [2.75, 3.05) is 24.6 Å². The molecule has 0 atom stereocenters. The smallest absolute Gasteiger partial charge is 0.339 e. The maximum atomic E-state index is 11.8. The van der Waals surface area contributed by atoms with Crippen molar-refractivity contribution < 1.29 is 9.53 Å². The minimum atomic E-state index is -0.320. The lowest BCUT2D eigenvalue weighted by Crippen LogP contribution is -2.35. The van der Waals surface area contributed by atoms with Crippen LogP contribution in [0.5, 0.6) is 0 Å². The number of carbonyl (C=O) groups excluding carboxylic acids is 1. The van der Waals surface area contributed by atoms with E-state index in [0.717, 1.165) is 49.5 Å². The molecule has 1 aliphatic rings. The van der Waals surface area contributed by atoms with Crippen LogP contribution in [-0.2, 0) is 11.2 Å². The summed E-state index contributed by atoms with van der Waals surface area (Å²) in [5.41, 5.74) is 2.81. The average Bonchev–Trinajstić information content (AvgIpc) is 3.13. The molecule has 0 saturated carbocycles. The first-order chi connectivity index (χ1) is 13.7. The number of fused-ring (bicyclic) bond motifs is 1. The molecule has 3 aromatic rings. The summed E-state index contributed by atoms with van der Waals surface area (Å²) in [5.74, 6) is 1.76. The Bertz CT molecular complexity index is 956. The van der Waals surface area contributed by atoms with Gasteiger partial charge in [0.15, 0.2) is 0 Å². The summed E-state index contributed by atoms with van der Waals surface area (Å²) in [6.45, 7) is 6.22. The topological polar surface area (TPSA) is 60.2 Å². The first-order valence-corrected chi connectivity index (χ1v) is 10.0. The maximum absolute atomic E-state index is 11.8. The molecule has 0 amide bonds. The molecular weight excluding hydrogens is 352 g/mol. The number of imidazole rings is 1. The molecule has 1 aliphatic heterocycles. The Labute approximate surface area is 165 Å². The van der Waals surface area contributed by atoms with Crippen molar-refractivity contribution in [1.29, 1.82) is 0 Å². The van der Waals surface area contributed by atoms with Crippen LogP contribution in [0.2, 0.25) is 0 Å². The van der Waals surface area contributed by atoms with Gasteiger partial charge in [0, 0.05) is 31.7 Å². The summed E-state index contributed by atoms with van der Waals surface area (Å²) in [6.07, 6.45) is 4.65. The summed E-state index contributed by atoms with van der Waals surface area (Å²) in [5, 5.41) is 0. The number of hydrogen-bond donors (Lipinski definition) is 0. The van der Waals surface area contributed by atoms with E-state index >= 15 is 0 Å². The molecule has 0 unspecified atom stereocenters. The Morgan fingerprint density at radius 1 is 1.14 bits per heavy atom. The van der Waals surface area contributed by atoms with Crippen molar-refractivity contribution in [2.45, 2.75) is 39.2 Å². The molecule has 1 fully saturated rings. The molecule has 0 bridgehead atoms. The summed E-state index contributed by atoms with van der Waals surface area (Å²) in [7, 11) is 0. The van der Waals surface area contributed by atoms with E-state index in [9.17, 15) is 4.79 Å². The second-order valence-electron chi connectivity index (χ2n) is 7.08. The number of carbonyl (C=O) groups is 1. The Morgan fingerprint density at radius 2 is 1.93 bits per heavy atom. The van der Waals surface area contributed by atoms with Gasteiger partial charge < -0.3 is 14.2 Å². The van der Waals surface area contributed by atoms with Gasteiger partial charge >= 0.3 is 5.97 Å². The number of benzene rings is 1. The lowest BCUT2D eigenvalue weighted by atomic mass is 10.0. The number of esters is 1. The molecule has 0 aliphatic carbocycles. The highest BCUT2D eigenvalue weighted by atomic mass is 16.5. The molecule has 2 aromatic heterocycles. The van der Waals surface area contributed by atoms with Crippen LogP contribution < -0.4 is 4.90 Å². The van der Waals surface area contributed by atoms with E-state index in [0.29, 0.717) is 18.2 Å². The molecule has 1 aromatic carbocycles. The number of aromatic nitrogens is 3. The molecular formula is C22H26N4O2. The van der Waals surface area contributed by atoms with Crippen molar-refractivity contribution in [1.82, 2.24) is 14.5 Å². The van der Waals surface area contributed by atoms with Crippen LogP contribution >= 0.6 is 0 Å². The Kier molecular flexibility index (Phi) is 5.28. The predicted octanol–water partition coefficient (Wildman–Crippen LogP) is 4.01. The third-order valence-corrected chi connectivity index (χ3v) is 5.40. The number of ether oxygens (including phenoxy) is 1. The largest absolute Gasteiger partial charge is 0.462 e. The van der Waals surface area contributed by atoms with Crippen LogP contribution in [0.4, 0.5) is 5.82 Å². The van der Waals surface area contributed by atoms with Gasteiger partial charge in [-0.2, -0.15) is 0 Å². The van der Waals surface area contributed by atoms with Gasteiger partial charge in [-0.15, -0.1) is 0 Å². The fourth-order valence-electron chi connectivity index (χ4n) is 4.01. The van der Waals surface area contributed by atoms with Crippen LogP contribution in [0, 0.1) is 0 Å². The normalized spacial score (nSPS) is 15.1. The van der Waals surface area contributed by atoms with Crippen molar-refractivity contribution in [3.8, 4) is 0 Å². The highest BCUT2D eigenvalue weighted by Crippen LogP contribution is 2.30. The van der Waals surface area contributed by atoms with Crippen molar-refractivity contribution in [3.63, 3.8) is 0 Å². The monoisotopic (exact) mass is 378 g/mol.